The quantitative estimate of drug-likeness (QED) is 0.849. The molecule has 108 valence electrons. The fraction of sp³-hybridized carbons (Fsp3) is 0.273. The summed E-state index contributed by atoms with van der Waals surface area (Å²) < 4.78 is 37.3. The Morgan fingerprint density at radius 3 is 2.55 bits per heavy atom. The number of rotatable bonds is 3. The van der Waals surface area contributed by atoms with Crippen molar-refractivity contribution in [2.45, 2.75) is 19.1 Å². The van der Waals surface area contributed by atoms with Crippen LogP contribution in [0.1, 0.15) is 23.5 Å². The number of alkyl halides is 3. The van der Waals surface area contributed by atoms with Crippen molar-refractivity contribution in [2.75, 3.05) is 5.32 Å². The highest BCUT2D eigenvalue weighted by atomic mass is 35.5. The van der Waals surface area contributed by atoms with Crippen LogP contribution in [0.25, 0.3) is 0 Å². The van der Waals surface area contributed by atoms with Crippen molar-refractivity contribution in [3.05, 3.63) is 38.8 Å². The summed E-state index contributed by atoms with van der Waals surface area (Å²) in [4.78, 5) is 0. The van der Waals surface area contributed by atoms with E-state index in [4.69, 9.17) is 23.2 Å². The van der Waals surface area contributed by atoms with Gasteiger partial charge in [0.1, 0.15) is 0 Å². The highest BCUT2D eigenvalue weighted by molar-refractivity contribution is 7.15. The molecule has 0 radical (unpaired) electrons. The van der Waals surface area contributed by atoms with Gasteiger partial charge in [-0.25, -0.2) is 0 Å². The normalized spacial score (nSPS) is 13.3. The summed E-state index contributed by atoms with van der Waals surface area (Å²) in [5.74, 6) is 0. The fourth-order valence-corrected chi connectivity index (χ4v) is 2.68. The first-order valence-electron chi connectivity index (χ1n) is 5.40. The van der Waals surface area contributed by atoms with Crippen molar-refractivity contribution >= 4 is 39.7 Å². The molecule has 1 aromatic heterocycles. The number of halogens is 5. The first kappa shape index (κ1) is 15.3. The van der Waals surface area contributed by atoms with Crippen LogP contribution >= 0.6 is 34.5 Å². The van der Waals surface area contributed by atoms with Crippen LogP contribution in [0.2, 0.25) is 10.0 Å². The van der Waals surface area contributed by atoms with E-state index in [2.05, 4.69) is 15.5 Å². The molecule has 0 spiro atoms. The average molecular weight is 342 g/mol. The second-order valence-corrected chi connectivity index (χ2v) is 5.68. The van der Waals surface area contributed by atoms with Gasteiger partial charge < -0.3 is 5.32 Å². The van der Waals surface area contributed by atoms with Crippen LogP contribution in [0.5, 0.6) is 0 Å². The lowest BCUT2D eigenvalue weighted by Crippen LogP contribution is -2.07. The maximum Gasteiger partial charge on any atom is 0.445 e. The van der Waals surface area contributed by atoms with E-state index in [9.17, 15) is 13.2 Å². The van der Waals surface area contributed by atoms with Crippen LogP contribution in [0.4, 0.5) is 18.3 Å². The number of nitrogens with one attached hydrogen (secondary N) is 1. The average Bonchev–Trinajstić information content (AvgIpc) is 2.81. The first-order valence-corrected chi connectivity index (χ1v) is 6.97. The Balaban J connectivity index is 2.18. The van der Waals surface area contributed by atoms with Gasteiger partial charge in [0, 0.05) is 0 Å². The molecule has 2 rings (SSSR count). The molecule has 1 unspecified atom stereocenters. The zero-order valence-electron chi connectivity index (χ0n) is 10.0. The van der Waals surface area contributed by atoms with Gasteiger partial charge in [-0.1, -0.05) is 46.7 Å². The van der Waals surface area contributed by atoms with E-state index in [0.29, 0.717) is 26.9 Å². The molecule has 1 N–H and O–H groups in total. The first-order chi connectivity index (χ1) is 9.29. The van der Waals surface area contributed by atoms with Gasteiger partial charge in [-0.3, -0.25) is 0 Å². The molecular weight excluding hydrogens is 334 g/mol. The second-order valence-electron chi connectivity index (χ2n) is 3.92. The van der Waals surface area contributed by atoms with Gasteiger partial charge in [-0.2, -0.15) is 13.2 Å². The second kappa shape index (κ2) is 5.75. The van der Waals surface area contributed by atoms with Gasteiger partial charge in [0.05, 0.1) is 16.1 Å². The summed E-state index contributed by atoms with van der Waals surface area (Å²) in [5.41, 5.74) is 0.669. The van der Waals surface area contributed by atoms with Gasteiger partial charge in [-0.05, 0) is 18.6 Å². The number of aromatic nitrogens is 2. The lowest BCUT2D eigenvalue weighted by molar-refractivity contribution is -0.138. The van der Waals surface area contributed by atoms with E-state index in [1.165, 1.54) is 0 Å². The Bertz CT molecular complexity index is 615. The van der Waals surface area contributed by atoms with Gasteiger partial charge in [0.2, 0.25) is 10.1 Å². The summed E-state index contributed by atoms with van der Waals surface area (Å²) in [6, 6.07) is 4.73. The van der Waals surface area contributed by atoms with E-state index < -0.39 is 11.2 Å². The van der Waals surface area contributed by atoms with Crippen molar-refractivity contribution in [1.29, 1.82) is 0 Å². The number of hydrogen-bond donors (Lipinski definition) is 1. The zero-order chi connectivity index (χ0) is 14.9. The molecular formula is C11H8Cl2F3N3S. The summed E-state index contributed by atoms with van der Waals surface area (Å²) in [7, 11) is 0. The Hall–Kier alpha value is -1.05. The van der Waals surface area contributed by atoms with E-state index in [1.54, 1.807) is 25.1 Å². The molecule has 3 nitrogen and oxygen atoms in total. The number of hydrogen-bond acceptors (Lipinski definition) is 4. The molecule has 2 aromatic rings. The standard InChI is InChI=1S/C11H8Cl2F3N3S/c1-5(6-3-2-4-7(12)8(6)13)17-10-19-18-9(20-10)11(14,15)16/h2-5H,1H3,(H,17,19). The van der Waals surface area contributed by atoms with E-state index in [0.717, 1.165) is 0 Å². The molecule has 1 heterocycles. The number of benzene rings is 1. The zero-order valence-corrected chi connectivity index (χ0v) is 12.3. The van der Waals surface area contributed by atoms with Crippen LogP contribution < -0.4 is 5.32 Å². The van der Waals surface area contributed by atoms with Gasteiger partial charge in [0.25, 0.3) is 0 Å². The van der Waals surface area contributed by atoms with Crippen LogP contribution in [-0.4, -0.2) is 10.2 Å². The monoisotopic (exact) mass is 341 g/mol. The molecule has 0 aliphatic rings. The van der Waals surface area contributed by atoms with E-state index in [-0.39, 0.29) is 11.2 Å². The maximum atomic E-state index is 12.4. The summed E-state index contributed by atoms with van der Waals surface area (Å²) in [5, 5.41) is 9.19. The molecule has 0 aliphatic heterocycles. The third-order valence-electron chi connectivity index (χ3n) is 2.46. The number of nitrogens with zero attached hydrogens (tertiary/aromatic N) is 2. The third-order valence-corrected chi connectivity index (χ3v) is 4.19. The topological polar surface area (TPSA) is 37.8 Å². The Morgan fingerprint density at radius 2 is 1.95 bits per heavy atom. The third kappa shape index (κ3) is 3.34. The van der Waals surface area contributed by atoms with Crippen molar-refractivity contribution in [3.8, 4) is 0 Å². The SMILES string of the molecule is CC(Nc1nnc(C(F)(F)F)s1)c1cccc(Cl)c1Cl. The van der Waals surface area contributed by atoms with Gasteiger partial charge in [-0.15, -0.1) is 10.2 Å². The van der Waals surface area contributed by atoms with Gasteiger partial charge >= 0.3 is 6.18 Å². The summed E-state index contributed by atoms with van der Waals surface area (Å²) in [6.07, 6.45) is -4.49. The lowest BCUT2D eigenvalue weighted by atomic mass is 10.1. The van der Waals surface area contributed by atoms with Crippen molar-refractivity contribution in [1.82, 2.24) is 10.2 Å². The molecule has 20 heavy (non-hydrogen) atoms. The molecule has 0 saturated heterocycles. The minimum absolute atomic E-state index is 0.0702. The predicted molar refractivity (Wildman–Crippen MR) is 73.4 cm³/mol. The largest absolute Gasteiger partial charge is 0.445 e. The fourth-order valence-electron chi connectivity index (χ4n) is 1.51. The van der Waals surface area contributed by atoms with Crippen LogP contribution in [0, 0.1) is 0 Å². The van der Waals surface area contributed by atoms with E-state index >= 15 is 0 Å². The Kier molecular flexibility index (Phi) is 4.41. The smallest absolute Gasteiger partial charge is 0.353 e. The molecule has 0 amide bonds. The van der Waals surface area contributed by atoms with Crippen molar-refractivity contribution in [2.24, 2.45) is 0 Å². The molecule has 0 aliphatic carbocycles. The maximum absolute atomic E-state index is 12.4. The van der Waals surface area contributed by atoms with Crippen molar-refractivity contribution in [3.63, 3.8) is 0 Å². The Labute approximate surface area is 126 Å². The molecule has 9 heteroatoms. The van der Waals surface area contributed by atoms with Crippen LogP contribution in [-0.2, 0) is 6.18 Å². The molecule has 0 saturated carbocycles. The van der Waals surface area contributed by atoms with Gasteiger partial charge in [0.15, 0.2) is 0 Å². The molecule has 1 atom stereocenters. The number of anilines is 1. The predicted octanol–water partition coefficient (Wildman–Crippen LogP) is 5.04. The minimum Gasteiger partial charge on any atom is -0.353 e. The van der Waals surface area contributed by atoms with Crippen LogP contribution in [0.3, 0.4) is 0 Å². The molecule has 0 fully saturated rings. The highest BCUT2D eigenvalue weighted by Crippen LogP contribution is 2.35. The summed E-state index contributed by atoms with van der Waals surface area (Å²) in [6.45, 7) is 1.74. The minimum atomic E-state index is -4.49. The lowest BCUT2D eigenvalue weighted by Gasteiger charge is -2.15. The highest BCUT2D eigenvalue weighted by Gasteiger charge is 2.35. The van der Waals surface area contributed by atoms with Crippen LogP contribution in [0.15, 0.2) is 18.2 Å². The van der Waals surface area contributed by atoms with E-state index in [1.807, 2.05) is 0 Å². The Morgan fingerprint density at radius 1 is 1.25 bits per heavy atom. The summed E-state index contributed by atoms with van der Waals surface area (Å²) >= 11 is 12.4. The molecule has 0 bridgehead atoms. The molecule has 1 aromatic carbocycles. The van der Waals surface area contributed by atoms with Crippen molar-refractivity contribution < 1.29 is 13.2 Å².